The summed E-state index contributed by atoms with van der Waals surface area (Å²) in [6.07, 6.45) is 2.14. The van der Waals surface area contributed by atoms with E-state index in [0.29, 0.717) is 6.04 Å². The van der Waals surface area contributed by atoms with Crippen LogP contribution in [-0.2, 0) is 6.42 Å². The lowest BCUT2D eigenvalue weighted by molar-refractivity contribution is 0.523. The van der Waals surface area contributed by atoms with E-state index < -0.39 is 0 Å². The zero-order valence-corrected chi connectivity index (χ0v) is 10.7. The number of rotatable bonds is 6. The highest BCUT2D eigenvalue weighted by molar-refractivity contribution is 5.30. The molecule has 0 saturated heterocycles. The minimum Gasteiger partial charge on any atom is -0.330 e. The van der Waals surface area contributed by atoms with Crippen LogP contribution >= 0.6 is 0 Å². The standard InChI is InChI=1S/C14H24N2/c1-11-4-5-14(10-12(11)2)7-9-16-13(3)6-8-15/h4-5,10,13,16H,6-9,15H2,1-3H3. The molecule has 0 aliphatic carbocycles. The molecule has 0 aliphatic rings. The molecule has 0 spiro atoms. The third-order valence-corrected chi connectivity index (χ3v) is 3.08. The quantitative estimate of drug-likeness (QED) is 0.771. The van der Waals surface area contributed by atoms with Crippen LogP contribution < -0.4 is 11.1 Å². The van der Waals surface area contributed by atoms with Gasteiger partial charge in [0.25, 0.3) is 0 Å². The smallest absolute Gasteiger partial charge is 0.00508 e. The van der Waals surface area contributed by atoms with Crippen molar-refractivity contribution in [3.63, 3.8) is 0 Å². The van der Waals surface area contributed by atoms with E-state index in [1.165, 1.54) is 16.7 Å². The van der Waals surface area contributed by atoms with Crippen LogP contribution in [-0.4, -0.2) is 19.1 Å². The Balaban J connectivity index is 2.34. The van der Waals surface area contributed by atoms with Gasteiger partial charge in [-0.25, -0.2) is 0 Å². The second-order valence-corrected chi connectivity index (χ2v) is 4.60. The first-order valence-corrected chi connectivity index (χ1v) is 6.13. The van der Waals surface area contributed by atoms with Crippen molar-refractivity contribution in [2.24, 2.45) is 5.73 Å². The first-order chi connectivity index (χ1) is 7.63. The SMILES string of the molecule is Cc1ccc(CCNC(C)CCN)cc1C. The van der Waals surface area contributed by atoms with Gasteiger partial charge in [0.15, 0.2) is 0 Å². The predicted octanol–water partition coefficient (Wildman–Crippen LogP) is 2.17. The summed E-state index contributed by atoms with van der Waals surface area (Å²) in [5, 5.41) is 3.49. The minimum atomic E-state index is 0.525. The van der Waals surface area contributed by atoms with Crippen LogP contribution in [0.25, 0.3) is 0 Å². The number of aryl methyl sites for hydroxylation is 2. The summed E-state index contributed by atoms with van der Waals surface area (Å²) in [7, 11) is 0. The highest BCUT2D eigenvalue weighted by Gasteiger charge is 2.00. The molecule has 0 radical (unpaired) electrons. The molecule has 1 aromatic rings. The Morgan fingerprint density at radius 2 is 2.00 bits per heavy atom. The van der Waals surface area contributed by atoms with Crippen molar-refractivity contribution >= 4 is 0 Å². The highest BCUT2D eigenvalue weighted by Crippen LogP contribution is 2.09. The second kappa shape index (κ2) is 6.66. The number of benzene rings is 1. The molecule has 1 aromatic carbocycles. The van der Waals surface area contributed by atoms with Gasteiger partial charge in [-0.1, -0.05) is 18.2 Å². The molecule has 2 nitrogen and oxygen atoms in total. The van der Waals surface area contributed by atoms with Crippen LogP contribution in [0, 0.1) is 13.8 Å². The Bertz CT molecular complexity index is 321. The molecule has 1 atom stereocenters. The topological polar surface area (TPSA) is 38.0 Å². The molecule has 1 unspecified atom stereocenters. The van der Waals surface area contributed by atoms with Crippen LogP contribution in [0.1, 0.15) is 30.0 Å². The Morgan fingerprint density at radius 1 is 1.25 bits per heavy atom. The maximum Gasteiger partial charge on any atom is 0.00508 e. The summed E-state index contributed by atoms with van der Waals surface area (Å²) in [5.41, 5.74) is 9.67. The zero-order chi connectivity index (χ0) is 12.0. The first-order valence-electron chi connectivity index (χ1n) is 6.13. The summed E-state index contributed by atoms with van der Waals surface area (Å²) in [6.45, 7) is 8.30. The monoisotopic (exact) mass is 220 g/mol. The van der Waals surface area contributed by atoms with Gasteiger partial charge in [0.2, 0.25) is 0 Å². The van der Waals surface area contributed by atoms with E-state index in [2.05, 4.69) is 44.3 Å². The molecule has 0 aromatic heterocycles. The predicted molar refractivity (Wildman–Crippen MR) is 70.8 cm³/mol. The summed E-state index contributed by atoms with van der Waals surface area (Å²) in [4.78, 5) is 0. The van der Waals surface area contributed by atoms with Gasteiger partial charge in [-0.2, -0.15) is 0 Å². The molecule has 0 saturated carbocycles. The molecule has 90 valence electrons. The van der Waals surface area contributed by atoms with Gasteiger partial charge in [0.05, 0.1) is 0 Å². The van der Waals surface area contributed by atoms with Crippen molar-refractivity contribution in [1.29, 1.82) is 0 Å². The molecule has 0 fully saturated rings. The summed E-state index contributed by atoms with van der Waals surface area (Å²) in [6, 6.07) is 7.23. The average Bonchev–Trinajstić information content (AvgIpc) is 2.24. The zero-order valence-electron chi connectivity index (χ0n) is 10.7. The lowest BCUT2D eigenvalue weighted by Crippen LogP contribution is -2.30. The lowest BCUT2D eigenvalue weighted by atomic mass is 10.0. The van der Waals surface area contributed by atoms with E-state index >= 15 is 0 Å². The fourth-order valence-corrected chi connectivity index (χ4v) is 1.77. The molecule has 16 heavy (non-hydrogen) atoms. The fraction of sp³-hybridized carbons (Fsp3) is 0.571. The number of nitrogens with two attached hydrogens (primary N) is 1. The lowest BCUT2D eigenvalue weighted by Gasteiger charge is -2.12. The molecule has 0 bridgehead atoms. The van der Waals surface area contributed by atoms with Gasteiger partial charge in [-0.05, 0) is 63.4 Å². The van der Waals surface area contributed by atoms with Crippen LogP contribution in [0.15, 0.2) is 18.2 Å². The van der Waals surface area contributed by atoms with Crippen LogP contribution in [0.2, 0.25) is 0 Å². The Morgan fingerprint density at radius 3 is 2.62 bits per heavy atom. The van der Waals surface area contributed by atoms with Gasteiger partial charge >= 0.3 is 0 Å². The van der Waals surface area contributed by atoms with Gasteiger partial charge < -0.3 is 11.1 Å². The number of hydrogen-bond acceptors (Lipinski definition) is 2. The van der Waals surface area contributed by atoms with Crippen molar-refractivity contribution in [1.82, 2.24) is 5.32 Å². The molecule has 0 heterocycles. The van der Waals surface area contributed by atoms with E-state index in [0.717, 1.165) is 25.9 Å². The first kappa shape index (κ1) is 13.2. The Kier molecular flexibility index (Phi) is 5.50. The number of hydrogen-bond donors (Lipinski definition) is 2. The van der Waals surface area contributed by atoms with E-state index in [1.54, 1.807) is 0 Å². The molecule has 2 heteroatoms. The second-order valence-electron chi connectivity index (χ2n) is 4.60. The van der Waals surface area contributed by atoms with Crippen LogP contribution in [0.3, 0.4) is 0 Å². The van der Waals surface area contributed by atoms with E-state index in [4.69, 9.17) is 5.73 Å². The van der Waals surface area contributed by atoms with Gasteiger partial charge in [-0.15, -0.1) is 0 Å². The molecule has 0 amide bonds. The summed E-state index contributed by atoms with van der Waals surface area (Å²) >= 11 is 0. The van der Waals surface area contributed by atoms with Crippen LogP contribution in [0.5, 0.6) is 0 Å². The van der Waals surface area contributed by atoms with Gasteiger partial charge in [0, 0.05) is 6.04 Å². The van der Waals surface area contributed by atoms with E-state index in [1.807, 2.05) is 0 Å². The molecule has 0 aliphatic heterocycles. The third-order valence-electron chi connectivity index (χ3n) is 3.08. The largest absolute Gasteiger partial charge is 0.330 e. The van der Waals surface area contributed by atoms with Crippen molar-refractivity contribution in [3.8, 4) is 0 Å². The van der Waals surface area contributed by atoms with Crippen LogP contribution in [0.4, 0.5) is 0 Å². The Hall–Kier alpha value is -0.860. The average molecular weight is 220 g/mol. The molecule has 1 rings (SSSR count). The fourth-order valence-electron chi connectivity index (χ4n) is 1.77. The molecular formula is C14H24N2. The molecule has 3 N–H and O–H groups in total. The van der Waals surface area contributed by atoms with Gasteiger partial charge in [0.1, 0.15) is 0 Å². The van der Waals surface area contributed by atoms with Gasteiger partial charge in [-0.3, -0.25) is 0 Å². The Labute approximate surface area is 99.2 Å². The normalized spacial score (nSPS) is 12.8. The maximum absolute atomic E-state index is 5.51. The molecular weight excluding hydrogens is 196 g/mol. The third kappa shape index (κ3) is 4.33. The summed E-state index contributed by atoms with van der Waals surface area (Å²) < 4.78 is 0. The minimum absolute atomic E-state index is 0.525. The van der Waals surface area contributed by atoms with Crippen molar-refractivity contribution in [3.05, 3.63) is 34.9 Å². The van der Waals surface area contributed by atoms with Crippen molar-refractivity contribution in [2.75, 3.05) is 13.1 Å². The van der Waals surface area contributed by atoms with Crippen molar-refractivity contribution in [2.45, 2.75) is 39.7 Å². The number of nitrogens with one attached hydrogen (secondary N) is 1. The highest BCUT2D eigenvalue weighted by atomic mass is 14.9. The van der Waals surface area contributed by atoms with E-state index in [-0.39, 0.29) is 0 Å². The summed E-state index contributed by atoms with van der Waals surface area (Å²) in [5.74, 6) is 0. The van der Waals surface area contributed by atoms with E-state index in [9.17, 15) is 0 Å². The van der Waals surface area contributed by atoms with Crippen molar-refractivity contribution < 1.29 is 0 Å². The maximum atomic E-state index is 5.51.